The van der Waals surface area contributed by atoms with Crippen molar-refractivity contribution in [3.8, 4) is 11.1 Å². The third kappa shape index (κ3) is 3.05. The fraction of sp³-hybridized carbons (Fsp3) is 0. The van der Waals surface area contributed by atoms with Crippen LogP contribution in [0.15, 0.2) is 72.8 Å². The molecule has 0 unspecified atom stereocenters. The Kier molecular flexibility index (Phi) is 4.14. The van der Waals surface area contributed by atoms with Gasteiger partial charge in [0.25, 0.3) is 0 Å². The van der Waals surface area contributed by atoms with E-state index in [1.807, 2.05) is 72.8 Å². The largest absolute Gasteiger partial charge is 0.353 e. The molecule has 0 heterocycles. The Morgan fingerprint density at radius 3 is 1.95 bits per heavy atom. The van der Waals surface area contributed by atoms with Crippen LogP contribution >= 0.6 is 23.2 Å². The van der Waals surface area contributed by atoms with Gasteiger partial charge in [-0.3, -0.25) is 0 Å². The van der Waals surface area contributed by atoms with Gasteiger partial charge in [-0.2, -0.15) is 0 Å². The zero-order chi connectivity index (χ0) is 14.7. The van der Waals surface area contributed by atoms with Crippen LogP contribution in [0.2, 0.25) is 10.0 Å². The SMILES string of the molecule is Clc1ccc(-c2ccccc2)c(Cl)c1Nc1ccccc1. The summed E-state index contributed by atoms with van der Waals surface area (Å²) in [4.78, 5) is 0. The molecule has 3 aromatic rings. The lowest BCUT2D eigenvalue weighted by molar-refractivity contribution is 1.54. The molecule has 21 heavy (non-hydrogen) atoms. The third-order valence-corrected chi connectivity index (χ3v) is 3.93. The van der Waals surface area contributed by atoms with E-state index in [9.17, 15) is 0 Å². The van der Waals surface area contributed by atoms with E-state index in [-0.39, 0.29) is 0 Å². The van der Waals surface area contributed by atoms with E-state index in [0.29, 0.717) is 10.0 Å². The number of anilines is 2. The van der Waals surface area contributed by atoms with Gasteiger partial charge in [0.1, 0.15) is 0 Å². The quantitative estimate of drug-likeness (QED) is 0.589. The van der Waals surface area contributed by atoms with Crippen LogP contribution in [0.4, 0.5) is 11.4 Å². The van der Waals surface area contributed by atoms with Crippen LogP contribution in [0, 0.1) is 0 Å². The van der Waals surface area contributed by atoms with Crippen LogP contribution < -0.4 is 5.32 Å². The lowest BCUT2D eigenvalue weighted by Crippen LogP contribution is -1.93. The number of benzene rings is 3. The normalized spacial score (nSPS) is 10.4. The summed E-state index contributed by atoms with van der Waals surface area (Å²) in [6.45, 7) is 0. The molecule has 0 saturated carbocycles. The van der Waals surface area contributed by atoms with Gasteiger partial charge in [-0.1, -0.05) is 77.8 Å². The van der Waals surface area contributed by atoms with Crippen molar-refractivity contribution >= 4 is 34.6 Å². The number of para-hydroxylation sites is 1. The fourth-order valence-electron chi connectivity index (χ4n) is 2.17. The van der Waals surface area contributed by atoms with Gasteiger partial charge >= 0.3 is 0 Å². The smallest absolute Gasteiger partial charge is 0.0769 e. The maximum atomic E-state index is 6.55. The maximum absolute atomic E-state index is 6.55. The molecule has 1 nitrogen and oxygen atoms in total. The zero-order valence-corrected chi connectivity index (χ0v) is 12.7. The molecule has 1 N–H and O–H groups in total. The van der Waals surface area contributed by atoms with Crippen LogP contribution in [0.1, 0.15) is 0 Å². The van der Waals surface area contributed by atoms with Gasteiger partial charge in [0.2, 0.25) is 0 Å². The predicted octanol–water partition coefficient (Wildman–Crippen LogP) is 6.40. The van der Waals surface area contributed by atoms with Crippen LogP contribution in [-0.2, 0) is 0 Å². The predicted molar refractivity (Wildman–Crippen MR) is 91.6 cm³/mol. The van der Waals surface area contributed by atoms with Crippen LogP contribution in [-0.4, -0.2) is 0 Å². The first-order valence-corrected chi connectivity index (χ1v) is 7.37. The first kappa shape index (κ1) is 14.0. The lowest BCUT2D eigenvalue weighted by Gasteiger charge is -2.14. The van der Waals surface area contributed by atoms with E-state index >= 15 is 0 Å². The van der Waals surface area contributed by atoms with Crippen molar-refractivity contribution in [1.82, 2.24) is 0 Å². The van der Waals surface area contributed by atoms with E-state index in [4.69, 9.17) is 23.2 Å². The summed E-state index contributed by atoms with van der Waals surface area (Å²) < 4.78 is 0. The molecular formula is C18H13Cl2N. The van der Waals surface area contributed by atoms with E-state index < -0.39 is 0 Å². The topological polar surface area (TPSA) is 12.0 Å². The summed E-state index contributed by atoms with van der Waals surface area (Å²) >= 11 is 12.8. The molecule has 0 fully saturated rings. The van der Waals surface area contributed by atoms with Crippen molar-refractivity contribution < 1.29 is 0 Å². The molecule has 0 radical (unpaired) electrons. The van der Waals surface area contributed by atoms with Crippen molar-refractivity contribution in [2.45, 2.75) is 0 Å². The van der Waals surface area contributed by atoms with Gasteiger partial charge < -0.3 is 5.32 Å². The van der Waals surface area contributed by atoms with E-state index in [2.05, 4.69) is 5.32 Å². The summed E-state index contributed by atoms with van der Waals surface area (Å²) in [5.41, 5.74) is 3.70. The van der Waals surface area contributed by atoms with Crippen molar-refractivity contribution in [1.29, 1.82) is 0 Å². The fourth-order valence-corrected chi connectivity index (χ4v) is 2.75. The first-order valence-electron chi connectivity index (χ1n) is 6.61. The Morgan fingerprint density at radius 2 is 1.29 bits per heavy atom. The molecule has 3 rings (SSSR count). The summed E-state index contributed by atoms with van der Waals surface area (Å²) in [6, 6.07) is 23.7. The molecule has 0 atom stereocenters. The first-order chi connectivity index (χ1) is 10.3. The van der Waals surface area contributed by atoms with Crippen LogP contribution in [0.3, 0.4) is 0 Å². The number of hydrogen-bond donors (Lipinski definition) is 1. The monoisotopic (exact) mass is 313 g/mol. The molecule has 0 aliphatic heterocycles. The molecule has 0 aromatic heterocycles. The molecule has 0 saturated heterocycles. The molecule has 3 aromatic carbocycles. The highest BCUT2D eigenvalue weighted by Crippen LogP contribution is 2.39. The minimum Gasteiger partial charge on any atom is -0.353 e. The van der Waals surface area contributed by atoms with Gasteiger partial charge in [-0.15, -0.1) is 0 Å². The summed E-state index contributed by atoms with van der Waals surface area (Å²) in [5.74, 6) is 0. The Morgan fingerprint density at radius 1 is 0.667 bits per heavy atom. The molecule has 0 aliphatic rings. The average Bonchev–Trinajstić information content (AvgIpc) is 2.53. The Bertz CT molecular complexity index is 740. The second-order valence-corrected chi connectivity index (χ2v) is 5.43. The van der Waals surface area contributed by atoms with Crippen molar-refractivity contribution in [3.05, 3.63) is 82.8 Å². The second-order valence-electron chi connectivity index (χ2n) is 4.64. The molecule has 0 amide bonds. The number of hydrogen-bond acceptors (Lipinski definition) is 1. The minimum atomic E-state index is 0.600. The average molecular weight is 314 g/mol. The zero-order valence-electron chi connectivity index (χ0n) is 11.2. The Balaban J connectivity index is 2.05. The van der Waals surface area contributed by atoms with Gasteiger partial charge in [-0.25, -0.2) is 0 Å². The number of rotatable bonds is 3. The minimum absolute atomic E-state index is 0.600. The van der Waals surface area contributed by atoms with Crippen molar-refractivity contribution in [3.63, 3.8) is 0 Å². The van der Waals surface area contributed by atoms with E-state index in [1.54, 1.807) is 0 Å². The van der Waals surface area contributed by atoms with E-state index in [0.717, 1.165) is 22.5 Å². The summed E-state index contributed by atoms with van der Waals surface area (Å²) in [5, 5.41) is 4.51. The van der Waals surface area contributed by atoms with Gasteiger partial charge in [-0.05, 0) is 23.8 Å². The standard InChI is InChI=1S/C18H13Cl2N/c19-16-12-11-15(13-7-3-1-4-8-13)17(20)18(16)21-14-9-5-2-6-10-14/h1-12,21H. The molecule has 3 heteroatoms. The maximum Gasteiger partial charge on any atom is 0.0769 e. The number of halogens is 2. The third-order valence-electron chi connectivity index (χ3n) is 3.22. The van der Waals surface area contributed by atoms with Gasteiger partial charge in [0, 0.05) is 11.3 Å². The van der Waals surface area contributed by atoms with Gasteiger partial charge in [0.15, 0.2) is 0 Å². The Hall–Kier alpha value is -1.96. The summed E-state index contributed by atoms with van der Waals surface area (Å²) in [7, 11) is 0. The highest BCUT2D eigenvalue weighted by molar-refractivity contribution is 6.41. The molecule has 0 spiro atoms. The van der Waals surface area contributed by atoms with E-state index in [1.165, 1.54) is 0 Å². The number of nitrogens with one attached hydrogen (secondary N) is 1. The molecule has 104 valence electrons. The highest BCUT2D eigenvalue weighted by Gasteiger charge is 2.12. The molecule has 0 bridgehead atoms. The van der Waals surface area contributed by atoms with Crippen molar-refractivity contribution in [2.75, 3.05) is 5.32 Å². The molecule has 0 aliphatic carbocycles. The highest BCUT2D eigenvalue weighted by atomic mass is 35.5. The Labute approximate surface area is 134 Å². The van der Waals surface area contributed by atoms with Crippen LogP contribution in [0.25, 0.3) is 11.1 Å². The second kappa shape index (κ2) is 6.21. The van der Waals surface area contributed by atoms with Gasteiger partial charge in [0.05, 0.1) is 15.7 Å². The summed E-state index contributed by atoms with van der Waals surface area (Å²) in [6.07, 6.45) is 0. The van der Waals surface area contributed by atoms with Crippen molar-refractivity contribution in [2.24, 2.45) is 0 Å². The van der Waals surface area contributed by atoms with Crippen LogP contribution in [0.5, 0.6) is 0 Å². The molecular weight excluding hydrogens is 301 g/mol. The lowest BCUT2D eigenvalue weighted by atomic mass is 10.0.